The van der Waals surface area contributed by atoms with Gasteiger partial charge in [-0.3, -0.25) is 4.79 Å². The molecule has 0 saturated heterocycles. The van der Waals surface area contributed by atoms with Gasteiger partial charge in [0.2, 0.25) is 5.91 Å². The molecule has 2 aromatic heterocycles. The maximum atomic E-state index is 11.0. The molecule has 4 rings (SSSR count). The van der Waals surface area contributed by atoms with Crippen LogP contribution in [0.5, 0.6) is 0 Å². The Morgan fingerprint density at radius 1 is 1.15 bits per heavy atom. The third-order valence-electron chi connectivity index (χ3n) is 4.21. The van der Waals surface area contributed by atoms with E-state index in [1.807, 2.05) is 48.5 Å². The van der Waals surface area contributed by atoms with Crippen LogP contribution < -0.4 is 11.1 Å². The number of nitrogens with zero attached hydrogens (tertiary/aromatic N) is 3. The largest absolute Gasteiger partial charge is 0.382 e. The van der Waals surface area contributed by atoms with Gasteiger partial charge in [-0.25, -0.2) is 15.0 Å². The summed E-state index contributed by atoms with van der Waals surface area (Å²) < 4.78 is 0. The summed E-state index contributed by atoms with van der Waals surface area (Å²) in [6.07, 6.45) is 1.64. The van der Waals surface area contributed by atoms with E-state index in [0.29, 0.717) is 29.6 Å². The van der Waals surface area contributed by atoms with E-state index in [1.54, 1.807) is 6.20 Å². The number of aromatic amines is 1. The van der Waals surface area contributed by atoms with Gasteiger partial charge in [0.15, 0.2) is 11.6 Å². The molecular weight excluding hydrogens is 340 g/mol. The van der Waals surface area contributed by atoms with E-state index in [4.69, 9.17) is 5.73 Å². The molecule has 140 valence electrons. The van der Waals surface area contributed by atoms with Gasteiger partial charge in [-0.15, -0.1) is 0 Å². The molecule has 2 heterocycles. The first kappa shape index (κ1) is 16.7. The number of hydrogen-bond acceptors (Lipinski definition) is 5. The fourth-order valence-corrected chi connectivity index (χ4v) is 2.80. The number of anilines is 1. The van der Waals surface area contributed by atoms with Crippen molar-refractivity contribution in [2.45, 2.75) is 13.5 Å². The smallest absolute Gasteiger partial charge is 0.217 e. The van der Waals surface area contributed by atoms with Crippen LogP contribution in [0, 0.1) is 0 Å². The molecule has 0 saturated carbocycles. The van der Waals surface area contributed by atoms with Gasteiger partial charge in [-0.2, -0.15) is 0 Å². The number of nitrogens with two attached hydrogens (primary N) is 1. The second-order valence-electron chi connectivity index (χ2n) is 6.20. The quantitative estimate of drug-likeness (QED) is 0.512. The highest BCUT2D eigenvalue weighted by Crippen LogP contribution is 2.26. The third-order valence-corrected chi connectivity index (χ3v) is 4.21. The summed E-state index contributed by atoms with van der Waals surface area (Å²) in [5.41, 5.74) is 10.9. The molecule has 0 spiro atoms. The topological polar surface area (TPSA) is 110 Å². The predicted molar refractivity (Wildman–Crippen MR) is 111 cm³/mol. The van der Waals surface area contributed by atoms with Crippen molar-refractivity contribution in [2.75, 3.05) is 5.73 Å². The van der Waals surface area contributed by atoms with Gasteiger partial charge in [-0.1, -0.05) is 36.4 Å². The van der Waals surface area contributed by atoms with Gasteiger partial charge < -0.3 is 16.0 Å². The number of amides is 1. The Morgan fingerprint density at radius 2 is 1.93 bits per heavy atom. The fourth-order valence-electron chi connectivity index (χ4n) is 2.80. The molecule has 0 aliphatic carbocycles. The van der Waals surface area contributed by atoms with Crippen molar-refractivity contribution in [3.63, 3.8) is 0 Å². The number of aromatic nitrogens is 4. The number of nitrogens with one attached hydrogen (secondary N) is 2. The SMILES string of the molecule is CC(=O)NCc1ccc(-c2cnc(N)c(-c3nc4ccccc4[nH]3)n2)cc1.[HH].[HH].[HH]. The van der Waals surface area contributed by atoms with Crippen molar-refractivity contribution in [1.29, 1.82) is 0 Å². The van der Waals surface area contributed by atoms with Crippen LogP contribution in [0.25, 0.3) is 33.8 Å². The summed E-state index contributed by atoms with van der Waals surface area (Å²) in [6.45, 7) is 1.99. The fraction of sp³-hybridized carbons (Fsp3) is 0.100. The number of H-pyrrole nitrogens is 1. The summed E-state index contributed by atoms with van der Waals surface area (Å²) in [5, 5.41) is 2.78. The van der Waals surface area contributed by atoms with Gasteiger partial charge in [0.1, 0.15) is 5.69 Å². The third kappa shape index (κ3) is 3.48. The van der Waals surface area contributed by atoms with Gasteiger partial charge in [-0.05, 0) is 17.7 Å². The van der Waals surface area contributed by atoms with Crippen LogP contribution in [0.4, 0.5) is 5.82 Å². The van der Waals surface area contributed by atoms with Gasteiger partial charge in [0.25, 0.3) is 0 Å². The number of benzene rings is 2. The van der Waals surface area contributed by atoms with Crippen molar-refractivity contribution >= 4 is 22.8 Å². The van der Waals surface area contributed by atoms with Crippen molar-refractivity contribution < 1.29 is 9.07 Å². The average molecular weight is 364 g/mol. The van der Waals surface area contributed by atoms with Crippen LogP contribution in [-0.4, -0.2) is 25.8 Å². The number of nitrogen functional groups attached to an aromatic ring is 1. The first-order chi connectivity index (χ1) is 13.1. The molecule has 7 nitrogen and oxygen atoms in total. The van der Waals surface area contributed by atoms with Gasteiger partial charge in [0.05, 0.1) is 22.9 Å². The van der Waals surface area contributed by atoms with Crippen molar-refractivity contribution in [3.8, 4) is 22.8 Å². The molecule has 0 bridgehead atoms. The average Bonchev–Trinajstić information content (AvgIpc) is 3.11. The lowest BCUT2D eigenvalue weighted by molar-refractivity contribution is -0.119. The number of carbonyl (C=O) groups excluding carboxylic acids is 1. The van der Waals surface area contributed by atoms with Crippen molar-refractivity contribution in [2.24, 2.45) is 0 Å². The maximum absolute atomic E-state index is 11.0. The van der Waals surface area contributed by atoms with Gasteiger partial charge in [0, 0.05) is 23.3 Å². The molecule has 4 N–H and O–H groups in total. The number of carbonyl (C=O) groups is 1. The molecule has 0 aliphatic rings. The number of rotatable bonds is 4. The second-order valence-corrected chi connectivity index (χ2v) is 6.20. The monoisotopic (exact) mass is 364 g/mol. The Labute approximate surface area is 160 Å². The van der Waals surface area contributed by atoms with Crippen LogP contribution in [0.1, 0.15) is 16.8 Å². The van der Waals surface area contributed by atoms with Crippen LogP contribution in [-0.2, 0) is 11.3 Å². The Hall–Kier alpha value is -3.74. The molecule has 0 aliphatic heterocycles. The number of imidazole rings is 1. The number of para-hydroxylation sites is 2. The highest BCUT2D eigenvalue weighted by Gasteiger charge is 2.13. The molecule has 0 unspecified atom stereocenters. The number of hydrogen-bond donors (Lipinski definition) is 3. The molecule has 2 aromatic carbocycles. The molecular formula is C20H24N6O. The normalized spacial score (nSPS) is 10.9. The number of fused-ring (bicyclic) bond motifs is 1. The molecule has 27 heavy (non-hydrogen) atoms. The molecule has 7 heteroatoms. The molecule has 0 atom stereocenters. The van der Waals surface area contributed by atoms with E-state index < -0.39 is 0 Å². The first-order valence-electron chi connectivity index (χ1n) is 8.51. The van der Waals surface area contributed by atoms with Crippen LogP contribution >= 0.6 is 0 Å². The zero-order valence-corrected chi connectivity index (χ0v) is 14.7. The highest BCUT2D eigenvalue weighted by molar-refractivity contribution is 5.81. The zero-order valence-electron chi connectivity index (χ0n) is 14.7. The zero-order chi connectivity index (χ0) is 18.8. The standard InChI is InChI=1S/C20H18N6O.3H2/c1-12(27)22-10-13-6-8-14(9-7-13)17-11-23-19(21)18(24-17)20-25-15-4-2-3-5-16(15)26-20;;;/h2-9,11H,10H2,1H3,(H2,21,23)(H,22,27)(H,25,26);3*1H. The van der Waals surface area contributed by atoms with Crippen molar-refractivity contribution in [3.05, 3.63) is 60.3 Å². The van der Waals surface area contributed by atoms with Crippen LogP contribution in [0.2, 0.25) is 0 Å². The van der Waals surface area contributed by atoms with E-state index in [2.05, 4.69) is 25.3 Å². The Kier molecular flexibility index (Phi) is 4.25. The minimum atomic E-state index is -0.0565. The molecule has 4 aromatic rings. The van der Waals surface area contributed by atoms with Crippen LogP contribution in [0.15, 0.2) is 54.7 Å². The van der Waals surface area contributed by atoms with E-state index >= 15 is 0 Å². The Bertz CT molecular complexity index is 1100. The summed E-state index contributed by atoms with van der Waals surface area (Å²) in [7, 11) is 0. The second kappa shape index (κ2) is 6.87. The lowest BCUT2D eigenvalue weighted by Gasteiger charge is -2.07. The van der Waals surface area contributed by atoms with E-state index in [1.165, 1.54) is 6.92 Å². The first-order valence-corrected chi connectivity index (χ1v) is 8.51. The van der Waals surface area contributed by atoms with Crippen molar-refractivity contribution in [1.82, 2.24) is 25.3 Å². The summed E-state index contributed by atoms with van der Waals surface area (Å²) in [4.78, 5) is 27.8. The lowest BCUT2D eigenvalue weighted by atomic mass is 10.1. The summed E-state index contributed by atoms with van der Waals surface area (Å²) in [6, 6.07) is 15.5. The summed E-state index contributed by atoms with van der Waals surface area (Å²) in [5.74, 6) is 0.851. The Morgan fingerprint density at radius 3 is 2.67 bits per heavy atom. The highest BCUT2D eigenvalue weighted by atomic mass is 16.1. The lowest BCUT2D eigenvalue weighted by Crippen LogP contribution is -2.18. The maximum Gasteiger partial charge on any atom is 0.217 e. The Balaban J connectivity index is 0.00000150. The van der Waals surface area contributed by atoms with Crippen LogP contribution in [0.3, 0.4) is 0 Å². The molecule has 1 amide bonds. The summed E-state index contributed by atoms with van der Waals surface area (Å²) >= 11 is 0. The minimum Gasteiger partial charge on any atom is -0.382 e. The van der Waals surface area contributed by atoms with E-state index in [0.717, 1.165) is 22.2 Å². The van der Waals surface area contributed by atoms with E-state index in [9.17, 15) is 4.79 Å². The molecule has 0 radical (unpaired) electrons. The van der Waals surface area contributed by atoms with E-state index in [-0.39, 0.29) is 10.2 Å². The minimum absolute atomic E-state index is 0. The van der Waals surface area contributed by atoms with Gasteiger partial charge >= 0.3 is 0 Å². The predicted octanol–water partition coefficient (Wildman–Crippen LogP) is 3.64. The molecule has 0 fully saturated rings.